The summed E-state index contributed by atoms with van der Waals surface area (Å²) in [7, 11) is 0. The van der Waals surface area contributed by atoms with Crippen LogP contribution < -0.4 is 0 Å². The highest BCUT2D eigenvalue weighted by molar-refractivity contribution is 6.30. The molecule has 10 aromatic rings. The first kappa shape index (κ1) is 43.2. The normalized spacial score (nSPS) is 14.0. The molecule has 2 amide bonds. The van der Waals surface area contributed by atoms with E-state index in [0.29, 0.717) is 58.7 Å². The van der Waals surface area contributed by atoms with Crippen LogP contribution in [-0.2, 0) is 9.59 Å². The molecule has 2 aliphatic heterocycles. The highest BCUT2D eigenvalue weighted by Crippen LogP contribution is 2.48. The molecular formula is C62H54N4O4. The zero-order valence-corrected chi connectivity index (χ0v) is 39.7. The van der Waals surface area contributed by atoms with Gasteiger partial charge in [-0.15, -0.1) is 0 Å². The number of para-hydroxylation sites is 4. The van der Waals surface area contributed by atoms with Crippen molar-refractivity contribution in [3.05, 3.63) is 193 Å². The first-order chi connectivity index (χ1) is 34.5. The highest BCUT2D eigenvalue weighted by atomic mass is 16.3. The van der Waals surface area contributed by atoms with E-state index in [1.54, 1.807) is 9.80 Å². The predicted octanol–water partition coefficient (Wildman–Crippen LogP) is 15.4. The SMILES string of the molecule is CCCCCCN1C(=O)C2=C(c3ccc(-c4ccc(-n5c6ccccc6c6ccccc65)cc4)o3)N(CCCCCC)C(=O)C2=C1c1ccc(-c2ccc(-n3c4ccccc4c4ccccc43)cc2)o1. The van der Waals surface area contributed by atoms with Crippen LogP contribution in [0, 0.1) is 0 Å². The molecule has 8 heteroatoms. The van der Waals surface area contributed by atoms with Crippen molar-refractivity contribution in [3.8, 4) is 34.0 Å². The molecule has 6 heterocycles. The van der Waals surface area contributed by atoms with E-state index in [-0.39, 0.29) is 11.8 Å². The van der Waals surface area contributed by atoms with Gasteiger partial charge in [-0.3, -0.25) is 9.59 Å². The topological polar surface area (TPSA) is 76.8 Å². The second-order valence-electron chi connectivity index (χ2n) is 18.6. The number of nitrogens with zero attached hydrogens (tertiary/aromatic N) is 4. The van der Waals surface area contributed by atoms with Crippen LogP contribution >= 0.6 is 0 Å². The maximum atomic E-state index is 15.1. The third-order valence-electron chi connectivity index (χ3n) is 14.3. The van der Waals surface area contributed by atoms with Gasteiger partial charge in [0.05, 0.1) is 33.2 Å². The minimum atomic E-state index is -0.192. The van der Waals surface area contributed by atoms with E-state index in [9.17, 15) is 0 Å². The molecule has 0 saturated carbocycles. The number of fused-ring (bicyclic) bond motifs is 7. The average Bonchev–Trinajstić information content (AvgIpc) is 4.27. The molecular weight excluding hydrogens is 865 g/mol. The van der Waals surface area contributed by atoms with Gasteiger partial charge in [-0.2, -0.15) is 0 Å². The van der Waals surface area contributed by atoms with Gasteiger partial charge in [-0.25, -0.2) is 0 Å². The van der Waals surface area contributed by atoms with E-state index in [0.717, 1.165) is 95.9 Å². The minimum absolute atomic E-state index is 0.192. The lowest BCUT2D eigenvalue weighted by molar-refractivity contribution is -0.124. The van der Waals surface area contributed by atoms with Gasteiger partial charge in [0.15, 0.2) is 11.5 Å². The monoisotopic (exact) mass is 918 g/mol. The summed E-state index contributed by atoms with van der Waals surface area (Å²) >= 11 is 0. The Labute approximate surface area is 407 Å². The van der Waals surface area contributed by atoms with Crippen molar-refractivity contribution in [3.63, 3.8) is 0 Å². The molecule has 0 aliphatic carbocycles. The lowest BCUT2D eigenvalue weighted by atomic mass is 10.1. The Morgan fingerprint density at radius 3 is 1.03 bits per heavy atom. The lowest BCUT2D eigenvalue weighted by Gasteiger charge is -2.23. The largest absolute Gasteiger partial charge is 0.455 e. The van der Waals surface area contributed by atoms with Crippen molar-refractivity contribution in [2.24, 2.45) is 0 Å². The number of furan rings is 2. The Hall–Kier alpha value is -8.10. The van der Waals surface area contributed by atoms with Crippen molar-refractivity contribution in [1.82, 2.24) is 18.9 Å². The highest BCUT2D eigenvalue weighted by Gasteiger charge is 2.50. The smallest absolute Gasteiger partial charge is 0.261 e. The molecule has 0 atom stereocenters. The quantitative estimate of drug-likeness (QED) is 0.0905. The summed E-state index contributed by atoms with van der Waals surface area (Å²) in [6.07, 6.45) is 7.85. The van der Waals surface area contributed by atoms with Gasteiger partial charge in [0.1, 0.15) is 22.9 Å². The number of unbranched alkanes of at least 4 members (excludes halogenated alkanes) is 6. The van der Waals surface area contributed by atoms with E-state index in [1.807, 2.05) is 24.3 Å². The third-order valence-corrected chi connectivity index (χ3v) is 14.3. The Balaban J connectivity index is 0.913. The molecule has 0 radical (unpaired) electrons. The van der Waals surface area contributed by atoms with E-state index >= 15 is 9.59 Å². The fraction of sp³-hybridized carbons (Fsp3) is 0.194. The maximum absolute atomic E-state index is 15.1. The van der Waals surface area contributed by atoms with Crippen LogP contribution in [0.2, 0.25) is 0 Å². The van der Waals surface area contributed by atoms with Crippen molar-refractivity contribution in [2.45, 2.75) is 65.2 Å². The number of hydrogen-bond acceptors (Lipinski definition) is 4. The summed E-state index contributed by atoms with van der Waals surface area (Å²) in [6, 6.07) is 58.6. The number of amides is 2. The zero-order chi connectivity index (χ0) is 47.3. The van der Waals surface area contributed by atoms with Crippen molar-refractivity contribution >= 4 is 66.8 Å². The van der Waals surface area contributed by atoms with Crippen LogP contribution in [0.3, 0.4) is 0 Å². The number of hydrogen-bond donors (Lipinski definition) is 0. The second kappa shape index (κ2) is 18.1. The molecule has 8 nitrogen and oxygen atoms in total. The molecule has 0 N–H and O–H groups in total. The standard InChI is InChI=1S/C62H54N4O4/c1-3-5-7-17-39-63-59(55-37-35-53(69-55)41-27-31-43(32-28-41)65-49-23-13-9-19-45(49)46-20-10-14-24-50(46)65)57-58(61(63)67)60(64(62(57)68)40-18-8-6-4-2)56-38-36-54(70-56)42-29-33-44(34-30-42)66-51-25-15-11-21-47(51)48-22-12-16-26-52(48)66/h9-16,19-38H,3-8,17-18,39-40H2,1-2H3. The fourth-order valence-corrected chi connectivity index (χ4v) is 10.9. The van der Waals surface area contributed by atoms with E-state index in [1.165, 1.54) is 21.5 Å². The van der Waals surface area contributed by atoms with Crippen molar-refractivity contribution in [1.29, 1.82) is 0 Å². The Bertz CT molecular complexity index is 3340. The molecule has 0 unspecified atom stereocenters. The third kappa shape index (κ3) is 7.20. The Kier molecular flexibility index (Phi) is 11.2. The van der Waals surface area contributed by atoms with Crippen molar-refractivity contribution < 1.29 is 18.4 Å². The van der Waals surface area contributed by atoms with Gasteiger partial charge in [-0.1, -0.05) is 125 Å². The van der Waals surface area contributed by atoms with Crippen LogP contribution in [0.5, 0.6) is 0 Å². The first-order valence-corrected chi connectivity index (χ1v) is 25.0. The molecule has 346 valence electrons. The second-order valence-corrected chi connectivity index (χ2v) is 18.6. The van der Waals surface area contributed by atoms with Crippen LogP contribution in [-0.4, -0.2) is 43.8 Å². The van der Waals surface area contributed by atoms with Crippen molar-refractivity contribution in [2.75, 3.05) is 13.1 Å². The zero-order valence-electron chi connectivity index (χ0n) is 39.7. The Morgan fingerprint density at radius 2 is 0.686 bits per heavy atom. The van der Waals surface area contributed by atoms with Gasteiger partial charge in [0.2, 0.25) is 0 Å². The molecule has 0 fully saturated rings. The number of aromatic nitrogens is 2. The van der Waals surface area contributed by atoms with Gasteiger partial charge in [-0.05, 0) is 110 Å². The summed E-state index contributed by atoms with van der Waals surface area (Å²) in [6.45, 7) is 5.31. The van der Waals surface area contributed by atoms with Crippen LogP contribution in [0.25, 0.3) is 89.0 Å². The van der Waals surface area contributed by atoms with Gasteiger partial charge in [0.25, 0.3) is 11.8 Å². The molecule has 0 saturated heterocycles. The first-order valence-electron chi connectivity index (χ1n) is 25.0. The lowest BCUT2D eigenvalue weighted by Crippen LogP contribution is -2.31. The summed E-state index contributed by atoms with van der Waals surface area (Å²) in [5.41, 5.74) is 10.3. The average molecular weight is 919 g/mol. The number of benzene rings is 6. The number of carbonyl (C=O) groups excluding carboxylic acids is 2. The van der Waals surface area contributed by atoms with E-state index < -0.39 is 0 Å². The molecule has 6 aromatic carbocycles. The molecule has 70 heavy (non-hydrogen) atoms. The van der Waals surface area contributed by atoms with Crippen LogP contribution in [0.1, 0.15) is 76.7 Å². The van der Waals surface area contributed by atoms with Crippen LogP contribution in [0.15, 0.2) is 190 Å². The Morgan fingerprint density at radius 1 is 0.357 bits per heavy atom. The van der Waals surface area contributed by atoms with Gasteiger partial charge >= 0.3 is 0 Å². The number of rotatable bonds is 16. The minimum Gasteiger partial charge on any atom is -0.455 e. The van der Waals surface area contributed by atoms with Gasteiger partial charge < -0.3 is 27.8 Å². The predicted molar refractivity (Wildman–Crippen MR) is 283 cm³/mol. The van der Waals surface area contributed by atoms with E-state index in [2.05, 4.69) is 169 Å². The molecule has 12 rings (SSSR count). The van der Waals surface area contributed by atoms with E-state index in [4.69, 9.17) is 8.83 Å². The van der Waals surface area contributed by atoms with Crippen LogP contribution in [0.4, 0.5) is 0 Å². The molecule has 2 aliphatic rings. The summed E-state index contributed by atoms with van der Waals surface area (Å²) in [5.74, 6) is 1.94. The summed E-state index contributed by atoms with van der Waals surface area (Å²) in [5, 5.41) is 4.85. The summed E-state index contributed by atoms with van der Waals surface area (Å²) in [4.78, 5) is 33.7. The maximum Gasteiger partial charge on any atom is 0.261 e. The summed E-state index contributed by atoms with van der Waals surface area (Å²) < 4.78 is 18.1. The van der Waals surface area contributed by atoms with Gasteiger partial charge in [0, 0.05) is 57.1 Å². The molecule has 0 bridgehead atoms. The fourth-order valence-electron chi connectivity index (χ4n) is 10.9. The molecule has 4 aromatic heterocycles. The molecule has 0 spiro atoms. The number of carbonyl (C=O) groups is 2.